The summed E-state index contributed by atoms with van der Waals surface area (Å²) in [6.45, 7) is 1.23. The minimum atomic E-state index is -0.590. The number of benzene rings is 2. The summed E-state index contributed by atoms with van der Waals surface area (Å²) in [6, 6.07) is 13.9. The maximum atomic E-state index is 11.8. The van der Waals surface area contributed by atoms with Crippen molar-refractivity contribution < 1.29 is 19.1 Å². The molecule has 2 N–H and O–H groups in total. The van der Waals surface area contributed by atoms with Crippen LogP contribution in [0, 0.1) is 6.92 Å². The van der Waals surface area contributed by atoms with Gasteiger partial charge in [0, 0.05) is 4.47 Å². The Labute approximate surface area is 153 Å². The molecule has 0 atom stereocenters. The molecule has 0 spiro atoms. The predicted octanol–water partition coefficient (Wildman–Crippen LogP) is 2.67. The first-order chi connectivity index (χ1) is 12.0. The number of nitrogens with one attached hydrogen (secondary N) is 2. The van der Waals surface area contributed by atoms with Crippen molar-refractivity contribution in [1.82, 2.24) is 5.32 Å². The van der Waals surface area contributed by atoms with Crippen molar-refractivity contribution in [3.05, 3.63) is 64.1 Å². The van der Waals surface area contributed by atoms with Crippen LogP contribution in [0.4, 0.5) is 5.69 Å². The van der Waals surface area contributed by atoms with Gasteiger partial charge < -0.3 is 15.4 Å². The van der Waals surface area contributed by atoms with Crippen LogP contribution < -0.4 is 10.6 Å². The number of rotatable bonds is 6. The third-order valence-corrected chi connectivity index (χ3v) is 3.91. The molecule has 130 valence electrons. The van der Waals surface area contributed by atoms with Crippen LogP contribution in [0.15, 0.2) is 53.0 Å². The number of amides is 2. The van der Waals surface area contributed by atoms with Crippen molar-refractivity contribution in [2.45, 2.75) is 6.92 Å². The SMILES string of the molecule is Cc1ccc(C(=O)OCC(=O)NCC(=O)Nc2ccccc2Br)cc1. The van der Waals surface area contributed by atoms with Crippen LogP contribution in [0.1, 0.15) is 15.9 Å². The summed E-state index contributed by atoms with van der Waals surface area (Å²) >= 11 is 3.31. The summed E-state index contributed by atoms with van der Waals surface area (Å²) < 4.78 is 5.65. The molecule has 0 bridgehead atoms. The van der Waals surface area contributed by atoms with Crippen LogP contribution in [0.3, 0.4) is 0 Å². The van der Waals surface area contributed by atoms with Gasteiger partial charge in [-0.15, -0.1) is 0 Å². The molecule has 0 aliphatic rings. The van der Waals surface area contributed by atoms with Crippen molar-refractivity contribution in [3.63, 3.8) is 0 Å². The van der Waals surface area contributed by atoms with E-state index < -0.39 is 18.5 Å². The molecule has 2 aromatic carbocycles. The quantitative estimate of drug-likeness (QED) is 0.724. The smallest absolute Gasteiger partial charge is 0.338 e. The molecule has 7 heteroatoms. The first-order valence-electron chi connectivity index (χ1n) is 7.50. The highest BCUT2D eigenvalue weighted by Crippen LogP contribution is 2.20. The molecular weight excluding hydrogens is 388 g/mol. The summed E-state index contributed by atoms with van der Waals surface area (Å²) in [5.74, 6) is -1.53. The maximum absolute atomic E-state index is 11.8. The first kappa shape index (κ1) is 18.7. The molecule has 0 aromatic heterocycles. The zero-order valence-corrected chi connectivity index (χ0v) is 15.1. The van der Waals surface area contributed by atoms with Crippen molar-refractivity contribution in [1.29, 1.82) is 0 Å². The Bertz CT molecular complexity index is 775. The maximum Gasteiger partial charge on any atom is 0.338 e. The second-order valence-corrected chi connectivity index (χ2v) is 6.10. The number of aryl methyl sites for hydroxylation is 1. The Kier molecular flexibility index (Phi) is 6.71. The van der Waals surface area contributed by atoms with E-state index in [0.717, 1.165) is 10.0 Å². The fourth-order valence-electron chi connectivity index (χ4n) is 1.89. The summed E-state index contributed by atoms with van der Waals surface area (Å²) in [5.41, 5.74) is 1.99. The van der Waals surface area contributed by atoms with Gasteiger partial charge in [0.2, 0.25) is 5.91 Å². The lowest BCUT2D eigenvalue weighted by molar-refractivity contribution is -0.126. The predicted molar refractivity (Wildman–Crippen MR) is 97.2 cm³/mol. The van der Waals surface area contributed by atoms with E-state index in [1.54, 1.807) is 42.5 Å². The largest absolute Gasteiger partial charge is 0.452 e. The van der Waals surface area contributed by atoms with Gasteiger partial charge in [-0.25, -0.2) is 4.79 Å². The third kappa shape index (κ3) is 6.04. The average molecular weight is 405 g/mol. The number of ether oxygens (including phenoxy) is 1. The number of hydrogen-bond acceptors (Lipinski definition) is 4. The van der Waals surface area contributed by atoms with Gasteiger partial charge in [0.05, 0.1) is 17.8 Å². The molecule has 0 aliphatic heterocycles. The Morgan fingerprint density at radius 2 is 1.68 bits per heavy atom. The van der Waals surface area contributed by atoms with Crippen LogP contribution >= 0.6 is 15.9 Å². The summed E-state index contributed by atoms with van der Waals surface area (Å²) in [6.07, 6.45) is 0. The molecule has 0 saturated heterocycles. The summed E-state index contributed by atoms with van der Waals surface area (Å²) in [5, 5.41) is 5.05. The molecule has 2 aromatic rings. The van der Waals surface area contributed by atoms with Crippen LogP contribution in [0.25, 0.3) is 0 Å². The zero-order valence-electron chi connectivity index (χ0n) is 13.5. The van der Waals surface area contributed by atoms with E-state index in [1.165, 1.54) is 0 Å². The molecule has 2 amide bonds. The normalized spacial score (nSPS) is 10.0. The van der Waals surface area contributed by atoms with E-state index in [9.17, 15) is 14.4 Å². The lowest BCUT2D eigenvalue weighted by Crippen LogP contribution is -2.35. The third-order valence-electron chi connectivity index (χ3n) is 3.22. The van der Waals surface area contributed by atoms with E-state index in [2.05, 4.69) is 26.6 Å². The monoisotopic (exact) mass is 404 g/mol. The van der Waals surface area contributed by atoms with Crippen molar-refractivity contribution in [3.8, 4) is 0 Å². The van der Waals surface area contributed by atoms with E-state index in [4.69, 9.17) is 4.74 Å². The molecule has 0 aliphatic carbocycles. The molecule has 0 unspecified atom stereocenters. The van der Waals surface area contributed by atoms with E-state index in [-0.39, 0.29) is 12.5 Å². The standard InChI is InChI=1S/C18H17BrN2O4/c1-12-6-8-13(9-7-12)18(24)25-11-17(23)20-10-16(22)21-15-5-3-2-4-14(15)19/h2-9H,10-11H2,1H3,(H,20,23)(H,21,22). The van der Waals surface area contributed by atoms with Gasteiger partial charge in [0.25, 0.3) is 5.91 Å². The van der Waals surface area contributed by atoms with Crippen molar-refractivity contribution in [2.75, 3.05) is 18.5 Å². The molecule has 25 heavy (non-hydrogen) atoms. The minimum Gasteiger partial charge on any atom is -0.452 e. The summed E-state index contributed by atoms with van der Waals surface area (Å²) in [4.78, 5) is 35.3. The fraction of sp³-hybridized carbons (Fsp3) is 0.167. The second-order valence-electron chi connectivity index (χ2n) is 5.25. The Morgan fingerprint density at radius 1 is 1.00 bits per heavy atom. The Hall–Kier alpha value is -2.67. The number of para-hydroxylation sites is 1. The van der Waals surface area contributed by atoms with Crippen molar-refractivity contribution >= 4 is 39.4 Å². The van der Waals surface area contributed by atoms with Crippen LogP contribution in [-0.2, 0) is 14.3 Å². The Balaban J connectivity index is 1.73. The topological polar surface area (TPSA) is 84.5 Å². The molecule has 0 radical (unpaired) electrons. The molecule has 2 rings (SSSR count). The fourth-order valence-corrected chi connectivity index (χ4v) is 2.27. The highest BCUT2D eigenvalue weighted by molar-refractivity contribution is 9.10. The first-order valence-corrected chi connectivity index (χ1v) is 8.30. The lowest BCUT2D eigenvalue weighted by Gasteiger charge is -2.09. The summed E-state index contributed by atoms with van der Waals surface area (Å²) in [7, 11) is 0. The molecule has 0 fully saturated rings. The van der Waals surface area contributed by atoms with Crippen molar-refractivity contribution in [2.24, 2.45) is 0 Å². The van der Waals surface area contributed by atoms with E-state index in [0.29, 0.717) is 11.3 Å². The van der Waals surface area contributed by atoms with Gasteiger partial charge in [0.15, 0.2) is 6.61 Å². The van der Waals surface area contributed by atoms with Gasteiger partial charge in [0.1, 0.15) is 0 Å². The van der Waals surface area contributed by atoms with Gasteiger partial charge >= 0.3 is 5.97 Å². The van der Waals surface area contributed by atoms with Crippen LogP contribution in [-0.4, -0.2) is 30.9 Å². The minimum absolute atomic E-state index is 0.220. The average Bonchev–Trinajstić information content (AvgIpc) is 2.60. The van der Waals surface area contributed by atoms with E-state index >= 15 is 0 Å². The number of carbonyl (C=O) groups is 3. The van der Waals surface area contributed by atoms with Crippen LogP contribution in [0.5, 0.6) is 0 Å². The Morgan fingerprint density at radius 3 is 2.36 bits per heavy atom. The number of hydrogen-bond donors (Lipinski definition) is 2. The number of carbonyl (C=O) groups excluding carboxylic acids is 3. The number of esters is 1. The molecule has 6 nitrogen and oxygen atoms in total. The lowest BCUT2D eigenvalue weighted by atomic mass is 10.1. The van der Waals surface area contributed by atoms with Gasteiger partial charge in [-0.05, 0) is 47.1 Å². The zero-order chi connectivity index (χ0) is 18.2. The van der Waals surface area contributed by atoms with Gasteiger partial charge in [-0.2, -0.15) is 0 Å². The van der Waals surface area contributed by atoms with Gasteiger partial charge in [-0.3, -0.25) is 9.59 Å². The van der Waals surface area contributed by atoms with E-state index in [1.807, 2.05) is 13.0 Å². The highest BCUT2D eigenvalue weighted by atomic mass is 79.9. The number of anilines is 1. The molecule has 0 heterocycles. The molecular formula is C18H17BrN2O4. The molecule has 0 saturated carbocycles. The second kappa shape index (κ2) is 8.98. The highest BCUT2D eigenvalue weighted by Gasteiger charge is 2.11. The number of halogens is 1. The van der Waals surface area contributed by atoms with Gasteiger partial charge in [-0.1, -0.05) is 29.8 Å². The van der Waals surface area contributed by atoms with Crippen LogP contribution in [0.2, 0.25) is 0 Å².